The lowest BCUT2D eigenvalue weighted by Gasteiger charge is -2.25. The Morgan fingerprint density at radius 3 is 2.73 bits per heavy atom. The number of ether oxygens (including phenoxy) is 2. The van der Waals surface area contributed by atoms with Crippen LogP contribution in [0.1, 0.15) is 29.2 Å². The molecule has 1 unspecified atom stereocenters. The van der Waals surface area contributed by atoms with Crippen molar-refractivity contribution in [2.45, 2.75) is 18.9 Å². The van der Waals surface area contributed by atoms with Crippen LogP contribution in [0.5, 0.6) is 11.5 Å². The summed E-state index contributed by atoms with van der Waals surface area (Å²) in [4.78, 5) is 31.9. The number of aliphatic hydroxyl groups excluding tert-OH is 1. The Balaban J connectivity index is 1.68. The van der Waals surface area contributed by atoms with Gasteiger partial charge in [-0.05, 0) is 66.4 Å². The largest absolute Gasteiger partial charge is 0.507 e. The number of nitrogens with zero attached hydrogens (tertiary/aromatic N) is 2. The quantitative estimate of drug-likeness (QED) is 0.373. The predicted octanol–water partition coefficient (Wildman–Crippen LogP) is 4.04. The van der Waals surface area contributed by atoms with Gasteiger partial charge in [0.2, 0.25) is 0 Å². The number of aliphatic hydroxyl groups is 1. The molecule has 1 atom stereocenters. The minimum absolute atomic E-state index is 0.0331. The smallest absolute Gasteiger partial charge is 0.300 e. The number of benzene rings is 2. The van der Waals surface area contributed by atoms with Crippen molar-refractivity contribution in [3.05, 3.63) is 89.3 Å². The molecule has 0 bridgehead atoms. The number of hydrogen-bond donors (Lipinski definition) is 1. The number of aromatic nitrogens is 1. The average Bonchev–Trinajstić information content (AvgIpc) is 3.14. The lowest BCUT2D eigenvalue weighted by atomic mass is 9.94. The maximum Gasteiger partial charge on any atom is 0.300 e. The van der Waals surface area contributed by atoms with E-state index in [0.717, 1.165) is 24.2 Å². The van der Waals surface area contributed by atoms with Gasteiger partial charge in [-0.15, -0.1) is 0 Å². The first-order chi connectivity index (χ1) is 16.1. The number of hydrogen-bond acceptors (Lipinski definition) is 6. The second kappa shape index (κ2) is 8.43. The minimum atomic E-state index is -0.813. The van der Waals surface area contributed by atoms with Crippen LogP contribution in [0.25, 0.3) is 5.76 Å². The van der Waals surface area contributed by atoms with Gasteiger partial charge in [0.15, 0.2) is 0 Å². The van der Waals surface area contributed by atoms with Gasteiger partial charge in [-0.25, -0.2) is 0 Å². The maximum absolute atomic E-state index is 13.3. The van der Waals surface area contributed by atoms with E-state index in [1.165, 1.54) is 12.0 Å². The van der Waals surface area contributed by atoms with Crippen LogP contribution < -0.4 is 14.4 Å². The molecule has 1 amide bonds. The SMILES string of the molecule is COc1cccc(N2C(=O)C(=O)/C(=C(\O)c3ccc4c(c3)CCCO4)C2c2ccncc2)c1. The zero-order valence-electron chi connectivity index (χ0n) is 18.0. The number of pyridine rings is 1. The molecule has 0 saturated carbocycles. The van der Waals surface area contributed by atoms with Crippen LogP contribution in [-0.2, 0) is 16.0 Å². The third-order valence-electron chi connectivity index (χ3n) is 5.98. The number of methoxy groups -OCH3 is 1. The fourth-order valence-corrected chi connectivity index (χ4v) is 4.38. The van der Waals surface area contributed by atoms with Gasteiger partial charge in [-0.2, -0.15) is 0 Å². The standard InChI is InChI=1S/C26H22N2O5/c1-32-20-6-2-5-19(15-20)28-23(16-9-11-27-12-10-16)22(25(30)26(28)31)24(29)18-7-8-21-17(14-18)4-3-13-33-21/h2,5-12,14-15,23,29H,3-4,13H2,1H3/b24-22-. The van der Waals surface area contributed by atoms with Crippen LogP contribution in [0.4, 0.5) is 5.69 Å². The van der Waals surface area contributed by atoms with E-state index in [1.807, 2.05) is 6.07 Å². The number of anilines is 1. The summed E-state index contributed by atoms with van der Waals surface area (Å²) >= 11 is 0. The summed E-state index contributed by atoms with van der Waals surface area (Å²) in [7, 11) is 1.54. The lowest BCUT2D eigenvalue weighted by Crippen LogP contribution is -2.29. The van der Waals surface area contributed by atoms with E-state index < -0.39 is 17.7 Å². The molecule has 33 heavy (non-hydrogen) atoms. The van der Waals surface area contributed by atoms with E-state index >= 15 is 0 Å². The Bertz CT molecular complexity index is 1270. The average molecular weight is 442 g/mol. The van der Waals surface area contributed by atoms with Crippen molar-refractivity contribution in [1.82, 2.24) is 4.98 Å². The number of amides is 1. The molecule has 166 valence electrons. The normalized spacial score (nSPS) is 19.2. The summed E-state index contributed by atoms with van der Waals surface area (Å²) < 4.78 is 11.0. The van der Waals surface area contributed by atoms with Crippen molar-refractivity contribution in [3.63, 3.8) is 0 Å². The van der Waals surface area contributed by atoms with Crippen LogP contribution in [0.3, 0.4) is 0 Å². The number of carbonyl (C=O) groups is 2. The van der Waals surface area contributed by atoms with Gasteiger partial charge in [0, 0.05) is 29.7 Å². The minimum Gasteiger partial charge on any atom is -0.507 e. The highest BCUT2D eigenvalue weighted by molar-refractivity contribution is 6.51. The molecular formula is C26H22N2O5. The molecule has 2 aromatic carbocycles. The fraction of sp³-hybridized carbons (Fsp3) is 0.192. The van der Waals surface area contributed by atoms with Crippen molar-refractivity contribution in [2.24, 2.45) is 0 Å². The van der Waals surface area contributed by atoms with Gasteiger partial charge < -0.3 is 14.6 Å². The highest BCUT2D eigenvalue weighted by Gasteiger charge is 2.47. The number of carbonyl (C=O) groups excluding carboxylic acids is 2. The summed E-state index contributed by atoms with van der Waals surface area (Å²) in [5.41, 5.74) is 2.63. The van der Waals surface area contributed by atoms with Gasteiger partial charge in [0.25, 0.3) is 11.7 Å². The Morgan fingerprint density at radius 1 is 1.12 bits per heavy atom. The van der Waals surface area contributed by atoms with E-state index in [2.05, 4.69) is 4.98 Å². The molecule has 1 aromatic heterocycles. The van der Waals surface area contributed by atoms with Gasteiger partial charge in [-0.1, -0.05) is 6.07 Å². The van der Waals surface area contributed by atoms with Gasteiger partial charge in [0.1, 0.15) is 17.3 Å². The first-order valence-corrected chi connectivity index (χ1v) is 10.7. The molecule has 1 N–H and O–H groups in total. The highest BCUT2D eigenvalue weighted by Crippen LogP contribution is 2.43. The van der Waals surface area contributed by atoms with Gasteiger partial charge in [0.05, 0.1) is 25.3 Å². The van der Waals surface area contributed by atoms with Gasteiger partial charge in [-0.3, -0.25) is 19.5 Å². The molecule has 3 heterocycles. The van der Waals surface area contributed by atoms with Crippen molar-refractivity contribution >= 4 is 23.1 Å². The second-order valence-corrected chi connectivity index (χ2v) is 7.93. The number of ketones is 1. The lowest BCUT2D eigenvalue weighted by molar-refractivity contribution is -0.132. The molecule has 7 nitrogen and oxygen atoms in total. The van der Waals surface area contributed by atoms with E-state index in [4.69, 9.17) is 9.47 Å². The van der Waals surface area contributed by atoms with Gasteiger partial charge >= 0.3 is 0 Å². The van der Waals surface area contributed by atoms with Crippen LogP contribution in [0, 0.1) is 0 Å². The number of fused-ring (bicyclic) bond motifs is 1. The molecule has 2 aliphatic heterocycles. The molecule has 0 radical (unpaired) electrons. The Labute approximate surface area is 190 Å². The molecule has 1 saturated heterocycles. The second-order valence-electron chi connectivity index (χ2n) is 7.93. The van der Waals surface area contributed by atoms with E-state index in [0.29, 0.717) is 29.2 Å². The number of Topliss-reactive ketones (excluding diaryl/α,β-unsaturated/α-hetero) is 1. The van der Waals surface area contributed by atoms with Crippen molar-refractivity contribution in [1.29, 1.82) is 0 Å². The Kier molecular flexibility index (Phi) is 5.30. The summed E-state index contributed by atoms with van der Waals surface area (Å²) in [5, 5.41) is 11.3. The van der Waals surface area contributed by atoms with Crippen LogP contribution in [0.2, 0.25) is 0 Å². The van der Waals surface area contributed by atoms with E-state index in [1.54, 1.807) is 60.9 Å². The zero-order valence-corrected chi connectivity index (χ0v) is 18.0. The van der Waals surface area contributed by atoms with Crippen LogP contribution >= 0.6 is 0 Å². The number of rotatable bonds is 4. The Hall–Kier alpha value is -4.13. The van der Waals surface area contributed by atoms with Crippen molar-refractivity contribution in [2.75, 3.05) is 18.6 Å². The molecule has 0 spiro atoms. The first kappa shape index (κ1) is 20.8. The Morgan fingerprint density at radius 2 is 1.94 bits per heavy atom. The molecule has 1 fully saturated rings. The third-order valence-corrected chi connectivity index (χ3v) is 5.98. The first-order valence-electron chi connectivity index (χ1n) is 10.7. The van der Waals surface area contributed by atoms with Crippen molar-refractivity contribution < 1.29 is 24.2 Å². The molecular weight excluding hydrogens is 420 g/mol. The summed E-state index contributed by atoms with van der Waals surface area (Å²) in [6.07, 6.45) is 4.89. The van der Waals surface area contributed by atoms with E-state index in [-0.39, 0.29) is 11.3 Å². The molecule has 5 rings (SSSR count). The highest BCUT2D eigenvalue weighted by atomic mass is 16.5. The summed E-state index contributed by atoms with van der Waals surface area (Å²) in [5.74, 6) is -0.342. The molecule has 7 heteroatoms. The third kappa shape index (κ3) is 3.61. The summed E-state index contributed by atoms with van der Waals surface area (Å²) in [6.45, 7) is 0.659. The maximum atomic E-state index is 13.3. The summed E-state index contributed by atoms with van der Waals surface area (Å²) in [6, 6.07) is 14.9. The zero-order chi connectivity index (χ0) is 22.9. The van der Waals surface area contributed by atoms with E-state index in [9.17, 15) is 14.7 Å². The topological polar surface area (TPSA) is 89.0 Å². The number of aryl methyl sites for hydroxylation is 1. The van der Waals surface area contributed by atoms with Crippen LogP contribution in [0.15, 0.2) is 72.6 Å². The molecule has 0 aliphatic carbocycles. The fourth-order valence-electron chi connectivity index (χ4n) is 4.38. The monoisotopic (exact) mass is 442 g/mol. The molecule has 2 aliphatic rings. The van der Waals surface area contributed by atoms with Crippen molar-refractivity contribution in [3.8, 4) is 11.5 Å². The van der Waals surface area contributed by atoms with Crippen LogP contribution in [-0.4, -0.2) is 35.5 Å². The predicted molar refractivity (Wildman–Crippen MR) is 122 cm³/mol. The molecule has 3 aromatic rings.